The third kappa shape index (κ3) is 3.67. The molecule has 106 valence electrons. The van der Waals surface area contributed by atoms with Gasteiger partial charge in [0.15, 0.2) is 5.71 Å². The molecular weight excluding hydrogens is 270 g/mol. The van der Waals surface area contributed by atoms with E-state index in [-0.39, 0.29) is 22.0 Å². The van der Waals surface area contributed by atoms with Gasteiger partial charge < -0.3 is 5.21 Å². The number of oxime groups is 1. The van der Waals surface area contributed by atoms with Crippen molar-refractivity contribution in [1.29, 1.82) is 0 Å². The molecule has 0 aromatic heterocycles. The summed E-state index contributed by atoms with van der Waals surface area (Å²) >= 11 is 0. The van der Waals surface area contributed by atoms with E-state index in [1.54, 1.807) is 6.08 Å². The first-order valence-electron chi connectivity index (χ1n) is 6.80. The second-order valence-electron chi connectivity index (χ2n) is 4.74. The van der Waals surface area contributed by atoms with Gasteiger partial charge in [0.25, 0.3) is 0 Å². The fourth-order valence-corrected chi connectivity index (χ4v) is 4.15. The lowest BCUT2D eigenvalue weighted by atomic mass is 10.2. The first kappa shape index (κ1) is 14.7. The quantitative estimate of drug-likeness (QED) is 0.510. The average molecular weight is 289 g/mol. The van der Waals surface area contributed by atoms with E-state index < -0.39 is 0 Å². The second kappa shape index (κ2) is 7.20. The SMILES string of the molecule is CCCCC1=CC(=O)C(=NO)C=S1Cc1ccccc1. The van der Waals surface area contributed by atoms with Crippen molar-refractivity contribution in [3.8, 4) is 0 Å². The molecular formula is C16H19NO2S. The first-order chi connectivity index (χ1) is 9.74. The highest BCUT2D eigenvalue weighted by Crippen LogP contribution is 2.34. The zero-order valence-corrected chi connectivity index (χ0v) is 12.4. The number of carbonyl (C=O) groups excluding carboxylic acids is 1. The Balaban J connectivity index is 2.25. The molecule has 0 saturated heterocycles. The van der Waals surface area contributed by atoms with Crippen LogP contribution in [0.2, 0.25) is 0 Å². The molecule has 0 amide bonds. The van der Waals surface area contributed by atoms with Gasteiger partial charge >= 0.3 is 0 Å². The fourth-order valence-electron chi connectivity index (χ4n) is 2.08. The van der Waals surface area contributed by atoms with Gasteiger partial charge in [-0.1, -0.05) is 48.8 Å². The highest BCUT2D eigenvalue weighted by Gasteiger charge is 2.18. The maximum absolute atomic E-state index is 11.8. The lowest BCUT2D eigenvalue weighted by Crippen LogP contribution is -2.18. The van der Waals surface area contributed by atoms with Crippen molar-refractivity contribution < 1.29 is 10.0 Å². The topological polar surface area (TPSA) is 49.7 Å². The maximum atomic E-state index is 11.8. The van der Waals surface area contributed by atoms with Crippen molar-refractivity contribution in [1.82, 2.24) is 0 Å². The molecule has 0 aliphatic carbocycles. The number of allylic oxidation sites excluding steroid dienone is 2. The highest BCUT2D eigenvalue weighted by atomic mass is 32.2. The third-order valence-corrected chi connectivity index (χ3v) is 5.33. The third-order valence-electron chi connectivity index (χ3n) is 3.18. The molecule has 0 bridgehead atoms. The molecule has 1 N–H and O–H groups in total. The van der Waals surface area contributed by atoms with Crippen molar-refractivity contribution >= 4 is 27.3 Å². The summed E-state index contributed by atoms with van der Waals surface area (Å²) in [6.45, 7) is 2.14. The summed E-state index contributed by atoms with van der Waals surface area (Å²) < 4.78 is 0. The molecule has 1 aliphatic heterocycles. The van der Waals surface area contributed by atoms with E-state index in [0.29, 0.717) is 0 Å². The zero-order chi connectivity index (χ0) is 14.4. The van der Waals surface area contributed by atoms with Crippen molar-refractivity contribution in [2.24, 2.45) is 5.16 Å². The van der Waals surface area contributed by atoms with E-state index in [9.17, 15) is 4.79 Å². The van der Waals surface area contributed by atoms with Crippen LogP contribution in [0.4, 0.5) is 0 Å². The number of hydrogen-bond acceptors (Lipinski definition) is 3. The monoisotopic (exact) mass is 289 g/mol. The van der Waals surface area contributed by atoms with Crippen LogP contribution in [-0.4, -0.2) is 22.1 Å². The molecule has 20 heavy (non-hydrogen) atoms. The Morgan fingerprint density at radius 3 is 2.65 bits per heavy atom. The van der Waals surface area contributed by atoms with Crippen LogP contribution in [0, 0.1) is 0 Å². The van der Waals surface area contributed by atoms with E-state index in [1.165, 1.54) is 10.5 Å². The summed E-state index contributed by atoms with van der Waals surface area (Å²) in [6.07, 6.45) is 4.79. The normalized spacial score (nSPS) is 20.6. The van der Waals surface area contributed by atoms with Crippen LogP contribution in [-0.2, 0) is 10.5 Å². The molecule has 0 fully saturated rings. The second-order valence-corrected chi connectivity index (χ2v) is 6.65. The van der Waals surface area contributed by atoms with E-state index in [1.807, 2.05) is 23.6 Å². The van der Waals surface area contributed by atoms with Gasteiger partial charge in [0.2, 0.25) is 5.78 Å². The Kier molecular flexibility index (Phi) is 5.30. The van der Waals surface area contributed by atoms with Crippen molar-refractivity contribution in [3.63, 3.8) is 0 Å². The molecule has 0 spiro atoms. The Bertz CT molecular complexity index is 573. The van der Waals surface area contributed by atoms with Crippen LogP contribution in [0.15, 0.2) is 46.5 Å². The zero-order valence-electron chi connectivity index (χ0n) is 11.6. The molecule has 0 saturated carbocycles. The maximum Gasteiger partial charge on any atom is 0.208 e. The fraction of sp³-hybridized carbons (Fsp3) is 0.312. The minimum Gasteiger partial charge on any atom is -0.410 e. The van der Waals surface area contributed by atoms with Crippen LogP contribution in [0.5, 0.6) is 0 Å². The minimum atomic E-state index is -0.185. The minimum absolute atomic E-state index is 0.161. The molecule has 1 aromatic carbocycles. The molecule has 4 heteroatoms. The van der Waals surface area contributed by atoms with Crippen LogP contribution in [0.3, 0.4) is 0 Å². The Labute approximate surface area is 121 Å². The Morgan fingerprint density at radius 2 is 2.00 bits per heavy atom. The van der Waals surface area contributed by atoms with E-state index >= 15 is 0 Å². The number of rotatable bonds is 5. The van der Waals surface area contributed by atoms with Crippen molar-refractivity contribution in [2.75, 3.05) is 0 Å². The molecule has 0 radical (unpaired) electrons. The van der Waals surface area contributed by atoms with Gasteiger partial charge in [0.05, 0.1) is 0 Å². The van der Waals surface area contributed by atoms with Gasteiger partial charge in [-0.15, -0.1) is 0 Å². The molecule has 1 aromatic rings. The summed E-state index contributed by atoms with van der Waals surface area (Å²) in [5.74, 6) is 0.679. The van der Waals surface area contributed by atoms with E-state index in [2.05, 4.69) is 24.2 Å². The van der Waals surface area contributed by atoms with Gasteiger partial charge in [0.1, 0.15) is 0 Å². The van der Waals surface area contributed by atoms with Gasteiger partial charge in [-0.3, -0.25) is 4.79 Å². The number of ketones is 1. The summed E-state index contributed by atoms with van der Waals surface area (Å²) in [4.78, 5) is 13.0. The Hall–Kier alpha value is -1.68. The summed E-state index contributed by atoms with van der Waals surface area (Å²) in [5, 5.41) is 13.8. The lowest BCUT2D eigenvalue weighted by Gasteiger charge is -2.17. The van der Waals surface area contributed by atoms with Gasteiger partial charge in [0, 0.05) is 5.75 Å². The molecule has 1 unspecified atom stereocenters. The smallest absolute Gasteiger partial charge is 0.208 e. The number of benzene rings is 1. The van der Waals surface area contributed by atoms with Crippen LogP contribution in [0.1, 0.15) is 31.7 Å². The number of unbranched alkanes of at least 4 members (excludes halogenated alkanes) is 1. The van der Waals surface area contributed by atoms with Gasteiger partial charge in [-0.2, -0.15) is 10.5 Å². The molecule has 1 aliphatic rings. The van der Waals surface area contributed by atoms with E-state index in [4.69, 9.17) is 5.21 Å². The summed E-state index contributed by atoms with van der Waals surface area (Å²) in [7, 11) is -0.161. The first-order valence-corrected chi connectivity index (χ1v) is 8.25. The largest absolute Gasteiger partial charge is 0.410 e. The number of hydrogen-bond donors (Lipinski definition) is 1. The highest BCUT2D eigenvalue weighted by molar-refractivity contribution is 8.18. The standard InChI is InChI=1S/C16H19NO2S/c1-2-3-9-14-10-16(18)15(17-19)12-20(14)11-13-7-5-4-6-8-13/h4-8,10,12,19H,2-3,9,11H2,1H3. The lowest BCUT2D eigenvalue weighted by molar-refractivity contribution is -0.108. The van der Waals surface area contributed by atoms with E-state index in [0.717, 1.165) is 25.0 Å². The molecule has 1 heterocycles. The van der Waals surface area contributed by atoms with Crippen LogP contribution < -0.4 is 0 Å². The van der Waals surface area contributed by atoms with Crippen LogP contribution in [0.25, 0.3) is 0 Å². The molecule has 3 nitrogen and oxygen atoms in total. The molecule has 1 atom stereocenters. The number of carbonyl (C=O) groups is 1. The number of nitrogens with zero attached hydrogens (tertiary/aromatic N) is 1. The van der Waals surface area contributed by atoms with Gasteiger partial charge in [-0.25, -0.2) is 0 Å². The van der Waals surface area contributed by atoms with Crippen LogP contribution >= 0.6 is 10.5 Å². The summed E-state index contributed by atoms with van der Waals surface area (Å²) in [5.41, 5.74) is 1.41. The van der Waals surface area contributed by atoms with Gasteiger partial charge in [-0.05, 0) is 34.8 Å². The average Bonchev–Trinajstić information content (AvgIpc) is 2.48. The molecule has 2 rings (SSSR count). The predicted molar refractivity (Wildman–Crippen MR) is 85.6 cm³/mol. The Morgan fingerprint density at radius 1 is 1.25 bits per heavy atom. The van der Waals surface area contributed by atoms with Crippen molar-refractivity contribution in [2.45, 2.75) is 31.9 Å². The summed E-state index contributed by atoms with van der Waals surface area (Å²) in [6, 6.07) is 10.2. The van der Waals surface area contributed by atoms with Crippen molar-refractivity contribution in [3.05, 3.63) is 46.9 Å². The predicted octanol–water partition coefficient (Wildman–Crippen LogP) is 3.74.